The molecular weight excluding hydrogens is 362 g/mol. The van der Waals surface area contributed by atoms with E-state index in [4.69, 9.17) is 20.4 Å². The van der Waals surface area contributed by atoms with Crippen LogP contribution < -0.4 is 15.8 Å². The number of piperidine rings is 1. The van der Waals surface area contributed by atoms with E-state index >= 15 is 0 Å². The van der Waals surface area contributed by atoms with Gasteiger partial charge in [-0.2, -0.15) is 0 Å². The fraction of sp³-hybridized carbons (Fsp3) is 0.250. The second kappa shape index (κ2) is 8.08. The Balaban J connectivity index is 0.000000817. The number of amides is 5. The van der Waals surface area contributed by atoms with Crippen LogP contribution in [-0.2, 0) is 19.2 Å². The standard InChI is InChI=1S/C15H13N3O6.CH2O2/c16-10(19)6-24-9-3-1-2-7-12(9)15(23)18(14(7)22)8-4-5-11(20)17-13(8)21;2-1-3/h1-3,8H,4-6H2,(H2,16,19)(H,17,20,21);1H,(H,2,3). The van der Waals surface area contributed by atoms with Gasteiger partial charge in [0.2, 0.25) is 11.8 Å². The van der Waals surface area contributed by atoms with Crippen molar-refractivity contribution in [1.29, 1.82) is 0 Å². The van der Waals surface area contributed by atoms with Crippen molar-refractivity contribution in [3.8, 4) is 5.75 Å². The minimum Gasteiger partial charge on any atom is -0.483 e. The van der Waals surface area contributed by atoms with Gasteiger partial charge in [-0.3, -0.25) is 39.0 Å². The summed E-state index contributed by atoms with van der Waals surface area (Å²) in [6.07, 6.45) is 0.0997. The molecule has 1 aromatic carbocycles. The molecule has 2 heterocycles. The number of benzene rings is 1. The molecule has 4 N–H and O–H groups in total. The van der Waals surface area contributed by atoms with E-state index in [1.165, 1.54) is 18.2 Å². The van der Waals surface area contributed by atoms with E-state index in [0.29, 0.717) is 0 Å². The lowest BCUT2D eigenvalue weighted by molar-refractivity contribution is -0.136. The van der Waals surface area contributed by atoms with Crippen molar-refractivity contribution in [2.75, 3.05) is 6.61 Å². The Bertz CT molecular complexity index is 835. The van der Waals surface area contributed by atoms with Crippen molar-refractivity contribution >= 4 is 36.0 Å². The maximum atomic E-state index is 12.6. The van der Waals surface area contributed by atoms with E-state index in [1.807, 2.05) is 0 Å². The van der Waals surface area contributed by atoms with Crippen LogP contribution in [0.3, 0.4) is 0 Å². The molecule has 0 aliphatic carbocycles. The quantitative estimate of drug-likeness (QED) is 0.426. The average molecular weight is 377 g/mol. The minimum atomic E-state index is -1.06. The Morgan fingerprint density at radius 1 is 1.30 bits per heavy atom. The molecule has 3 rings (SSSR count). The summed E-state index contributed by atoms with van der Waals surface area (Å²) >= 11 is 0. The number of nitrogens with zero attached hydrogens (tertiary/aromatic N) is 1. The van der Waals surface area contributed by atoms with Crippen molar-refractivity contribution in [3.63, 3.8) is 0 Å². The van der Waals surface area contributed by atoms with Crippen LogP contribution in [-0.4, -0.2) is 58.7 Å². The number of imide groups is 2. The van der Waals surface area contributed by atoms with Crippen molar-refractivity contribution in [2.45, 2.75) is 18.9 Å². The summed E-state index contributed by atoms with van der Waals surface area (Å²) in [4.78, 5) is 68.4. The third kappa shape index (κ3) is 3.92. The molecule has 1 fully saturated rings. The molecule has 0 bridgehead atoms. The number of carboxylic acid groups (broad SMARTS) is 1. The number of hydrogen-bond donors (Lipinski definition) is 3. The number of nitrogens with one attached hydrogen (secondary N) is 1. The predicted molar refractivity (Wildman–Crippen MR) is 86.5 cm³/mol. The third-order valence-electron chi connectivity index (χ3n) is 3.80. The normalized spacial score (nSPS) is 18.2. The molecule has 2 aliphatic heterocycles. The minimum absolute atomic E-state index is 0.0200. The first-order valence-electron chi connectivity index (χ1n) is 7.65. The topological polar surface area (TPSA) is 173 Å². The SMILES string of the molecule is NC(=O)COc1cccc2c1C(=O)N(C1CCC(=O)NC1=O)C2=O.O=CO. The summed E-state index contributed by atoms with van der Waals surface area (Å²) < 4.78 is 5.18. The maximum absolute atomic E-state index is 12.6. The van der Waals surface area contributed by atoms with Crippen molar-refractivity contribution < 1.29 is 38.6 Å². The number of carbonyl (C=O) groups excluding carboxylic acids is 5. The molecule has 11 heteroatoms. The number of nitrogens with two attached hydrogens (primary N) is 1. The molecule has 0 spiro atoms. The van der Waals surface area contributed by atoms with E-state index in [-0.39, 0.29) is 36.2 Å². The van der Waals surface area contributed by atoms with E-state index in [0.717, 1.165) is 4.90 Å². The van der Waals surface area contributed by atoms with Gasteiger partial charge in [-0.15, -0.1) is 0 Å². The number of hydrogen-bond acceptors (Lipinski definition) is 7. The fourth-order valence-corrected chi connectivity index (χ4v) is 2.75. The predicted octanol–water partition coefficient (Wildman–Crippen LogP) is -1.35. The second-order valence-electron chi connectivity index (χ2n) is 5.49. The zero-order valence-corrected chi connectivity index (χ0v) is 13.8. The van der Waals surface area contributed by atoms with Crippen LogP contribution >= 0.6 is 0 Å². The molecule has 5 amide bonds. The Labute approximate surface area is 152 Å². The smallest absolute Gasteiger partial charge is 0.290 e. The van der Waals surface area contributed by atoms with E-state index < -0.39 is 42.2 Å². The summed E-state index contributed by atoms with van der Waals surface area (Å²) in [5.74, 6) is -3.18. The monoisotopic (exact) mass is 377 g/mol. The summed E-state index contributed by atoms with van der Waals surface area (Å²) in [5, 5.41) is 9.00. The molecule has 2 aliphatic rings. The van der Waals surface area contributed by atoms with Crippen LogP contribution in [0.25, 0.3) is 0 Å². The first kappa shape index (κ1) is 19.6. The third-order valence-corrected chi connectivity index (χ3v) is 3.80. The highest BCUT2D eigenvalue weighted by Gasteiger charge is 2.45. The van der Waals surface area contributed by atoms with E-state index in [2.05, 4.69) is 5.32 Å². The lowest BCUT2D eigenvalue weighted by Gasteiger charge is -2.27. The first-order valence-corrected chi connectivity index (χ1v) is 7.65. The van der Waals surface area contributed by atoms with Crippen LogP contribution in [0.15, 0.2) is 18.2 Å². The van der Waals surface area contributed by atoms with Gasteiger partial charge < -0.3 is 15.6 Å². The Morgan fingerprint density at radius 3 is 2.56 bits per heavy atom. The Hall–Kier alpha value is -3.76. The molecule has 11 nitrogen and oxygen atoms in total. The van der Waals surface area contributed by atoms with E-state index in [9.17, 15) is 24.0 Å². The van der Waals surface area contributed by atoms with Gasteiger partial charge in [-0.25, -0.2) is 0 Å². The van der Waals surface area contributed by atoms with Crippen molar-refractivity contribution in [3.05, 3.63) is 29.3 Å². The van der Waals surface area contributed by atoms with E-state index in [1.54, 1.807) is 0 Å². The number of fused-ring (bicyclic) bond motifs is 1. The van der Waals surface area contributed by atoms with Gasteiger partial charge in [-0.1, -0.05) is 6.07 Å². The highest BCUT2D eigenvalue weighted by atomic mass is 16.5. The first-order chi connectivity index (χ1) is 12.8. The fourth-order valence-electron chi connectivity index (χ4n) is 2.75. The molecule has 142 valence electrons. The molecule has 1 unspecified atom stereocenters. The summed E-state index contributed by atoms with van der Waals surface area (Å²) in [7, 11) is 0. The summed E-state index contributed by atoms with van der Waals surface area (Å²) in [6, 6.07) is 3.30. The highest BCUT2D eigenvalue weighted by Crippen LogP contribution is 2.33. The van der Waals surface area contributed by atoms with Gasteiger partial charge in [0.15, 0.2) is 6.61 Å². The van der Waals surface area contributed by atoms with Crippen LogP contribution in [0.2, 0.25) is 0 Å². The van der Waals surface area contributed by atoms with Crippen molar-refractivity contribution in [1.82, 2.24) is 10.2 Å². The lowest BCUT2D eigenvalue weighted by atomic mass is 10.0. The van der Waals surface area contributed by atoms with Gasteiger partial charge in [0.1, 0.15) is 11.8 Å². The van der Waals surface area contributed by atoms with Gasteiger partial charge >= 0.3 is 0 Å². The molecule has 1 saturated heterocycles. The Kier molecular flexibility index (Phi) is 5.85. The number of carbonyl (C=O) groups is 6. The van der Waals surface area contributed by atoms with Gasteiger partial charge in [0.25, 0.3) is 24.2 Å². The van der Waals surface area contributed by atoms with Crippen LogP contribution in [0.4, 0.5) is 0 Å². The van der Waals surface area contributed by atoms with Gasteiger partial charge in [0.05, 0.1) is 11.1 Å². The highest BCUT2D eigenvalue weighted by molar-refractivity contribution is 6.24. The Morgan fingerprint density at radius 2 is 1.96 bits per heavy atom. The molecule has 0 saturated carbocycles. The number of rotatable bonds is 4. The number of primary amides is 1. The van der Waals surface area contributed by atoms with Crippen molar-refractivity contribution in [2.24, 2.45) is 5.73 Å². The van der Waals surface area contributed by atoms with Gasteiger partial charge in [0, 0.05) is 6.42 Å². The average Bonchev–Trinajstić information content (AvgIpc) is 2.86. The summed E-state index contributed by atoms with van der Waals surface area (Å²) in [6.45, 7) is -0.698. The molecule has 1 aromatic rings. The van der Waals surface area contributed by atoms with Crippen LogP contribution in [0.5, 0.6) is 5.75 Å². The maximum Gasteiger partial charge on any atom is 0.290 e. The zero-order valence-electron chi connectivity index (χ0n) is 13.8. The zero-order chi connectivity index (χ0) is 20.1. The molecule has 1 atom stereocenters. The van der Waals surface area contributed by atoms with Crippen LogP contribution in [0, 0.1) is 0 Å². The largest absolute Gasteiger partial charge is 0.483 e. The lowest BCUT2D eigenvalue weighted by Crippen LogP contribution is -2.54. The number of ether oxygens (including phenoxy) is 1. The summed E-state index contributed by atoms with van der Waals surface area (Å²) in [5.41, 5.74) is 5.07. The van der Waals surface area contributed by atoms with Gasteiger partial charge in [-0.05, 0) is 18.6 Å². The molecule has 0 aromatic heterocycles. The molecule has 27 heavy (non-hydrogen) atoms. The molecular formula is C16H15N3O8. The molecule has 0 radical (unpaired) electrons. The second-order valence-corrected chi connectivity index (χ2v) is 5.49. The van der Waals surface area contributed by atoms with Crippen LogP contribution in [0.1, 0.15) is 33.6 Å².